The molecule has 18 heavy (non-hydrogen) atoms. The van der Waals surface area contributed by atoms with Crippen LogP contribution >= 0.6 is 0 Å². The van der Waals surface area contributed by atoms with Crippen LogP contribution in [0, 0.1) is 0 Å². The monoisotopic (exact) mass is 257 g/mol. The summed E-state index contributed by atoms with van der Waals surface area (Å²) >= 11 is 0. The predicted molar refractivity (Wildman–Crippen MR) is 63.7 cm³/mol. The summed E-state index contributed by atoms with van der Waals surface area (Å²) in [6, 6.07) is 6.30. The summed E-state index contributed by atoms with van der Waals surface area (Å²) in [4.78, 5) is 0. The van der Waals surface area contributed by atoms with Crippen LogP contribution in [0.1, 0.15) is 30.9 Å². The van der Waals surface area contributed by atoms with Gasteiger partial charge in [-0.2, -0.15) is 8.78 Å². The summed E-state index contributed by atoms with van der Waals surface area (Å²) in [7, 11) is 0. The lowest BCUT2D eigenvalue weighted by Crippen LogP contribution is -2.38. The molecule has 0 aromatic heterocycles. The molecular formula is C13H17F2NO2. The first-order valence-corrected chi connectivity index (χ1v) is 6.13. The topological polar surface area (TPSA) is 41.5 Å². The Kier molecular flexibility index (Phi) is 4.49. The number of alkyl halides is 2. The Labute approximate surface area is 105 Å². The Balaban J connectivity index is 2.15. The third kappa shape index (κ3) is 3.17. The first kappa shape index (κ1) is 13.2. The van der Waals surface area contributed by atoms with E-state index in [1.54, 1.807) is 18.2 Å². The van der Waals surface area contributed by atoms with E-state index >= 15 is 0 Å². The Bertz CT molecular complexity index is 381. The van der Waals surface area contributed by atoms with Gasteiger partial charge in [0.2, 0.25) is 0 Å². The molecule has 3 nitrogen and oxygen atoms in total. The Morgan fingerprint density at radius 3 is 2.72 bits per heavy atom. The van der Waals surface area contributed by atoms with Gasteiger partial charge in [0, 0.05) is 11.6 Å². The fourth-order valence-corrected chi connectivity index (χ4v) is 2.29. The molecule has 1 aromatic carbocycles. The molecule has 1 aromatic rings. The molecule has 0 aliphatic carbocycles. The molecule has 2 unspecified atom stereocenters. The molecule has 0 spiro atoms. The largest absolute Gasteiger partial charge is 0.434 e. The number of hydrogen-bond acceptors (Lipinski definition) is 3. The zero-order valence-electron chi connectivity index (χ0n) is 9.98. The minimum atomic E-state index is -2.88. The van der Waals surface area contributed by atoms with Gasteiger partial charge in [0.05, 0.1) is 6.10 Å². The van der Waals surface area contributed by atoms with Gasteiger partial charge in [-0.1, -0.05) is 24.6 Å². The van der Waals surface area contributed by atoms with Gasteiger partial charge in [0.1, 0.15) is 5.75 Å². The van der Waals surface area contributed by atoms with Gasteiger partial charge in [-0.05, 0) is 25.5 Å². The standard InChI is InChI=1S/C13H17F2NO2/c14-13(15)18-11-7-2-1-5-9(11)12(17)10-6-3-4-8-16-10/h1-2,5,7,10,12-13,16-17H,3-4,6,8H2. The number of aliphatic hydroxyl groups is 1. The normalized spacial score (nSPS) is 21.9. The summed E-state index contributed by atoms with van der Waals surface area (Å²) < 4.78 is 29.0. The number of piperidine rings is 1. The fraction of sp³-hybridized carbons (Fsp3) is 0.538. The average molecular weight is 257 g/mol. The van der Waals surface area contributed by atoms with Crippen LogP contribution < -0.4 is 10.1 Å². The Morgan fingerprint density at radius 2 is 2.06 bits per heavy atom. The molecule has 0 saturated carbocycles. The molecule has 2 atom stereocenters. The maximum absolute atomic E-state index is 12.3. The number of nitrogens with one attached hydrogen (secondary N) is 1. The minimum Gasteiger partial charge on any atom is -0.434 e. The van der Waals surface area contributed by atoms with Crippen molar-refractivity contribution in [3.63, 3.8) is 0 Å². The lowest BCUT2D eigenvalue weighted by molar-refractivity contribution is -0.0520. The van der Waals surface area contributed by atoms with Crippen LogP contribution in [-0.2, 0) is 0 Å². The lowest BCUT2D eigenvalue weighted by atomic mass is 9.94. The average Bonchev–Trinajstić information content (AvgIpc) is 2.39. The third-order valence-corrected chi connectivity index (χ3v) is 3.18. The van der Waals surface area contributed by atoms with E-state index in [0.717, 1.165) is 25.8 Å². The molecule has 1 heterocycles. The maximum Gasteiger partial charge on any atom is 0.387 e. The molecule has 1 fully saturated rings. The lowest BCUT2D eigenvalue weighted by Gasteiger charge is -2.29. The van der Waals surface area contributed by atoms with Gasteiger partial charge < -0.3 is 15.2 Å². The maximum atomic E-state index is 12.3. The van der Waals surface area contributed by atoms with Gasteiger partial charge >= 0.3 is 6.61 Å². The zero-order valence-corrected chi connectivity index (χ0v) is 9.98. The van der Waals surface area contributed by atoms with E-state index in [2.05, 4.69) is 10.1 Å². The van der Waals surface area contributed by atoms with Crippen molar-refractivity contribution in [3.05, 3.63) is 29.8 Å². The van der Waals surface area contributed by atoms with Crippen molar-refractivity contribution < 1.29 is 18.6 Å². The van der Waals surface area contributed by atoms with Crippen LogP contribution in [0.5, 0.6) is 5.75 Å². The highest BCUT2D eigenvalue weighted by atomic mass is 19.3. The van der Waals surface area contributed by atoms with Gasteiger partial charge in [-0.15, -0.1) is 0 Å². The number of para-hydroxylation sites is 1. The zero-order chi connectivity index (χ0) is 13.0. The minimum absolute atomic E-state index is 0.0485. The quantitative estimate of drug-likeness (QED) is 0.870. The molecule has 5 heteroatoms. The molecule has 2 rings (SSSR count). The first-order valence-electron chi connectivity index (χ1n) is 6.13. The van der Waals surface area contributed by atoms with E-state index in [0.29, 0.717) is 5.56 Å². The number of rotatable bonds is 4. The van der Waals surface area contributed by atoms with Crippen LogP contribution in [0.2, 0.25) is 0 Å². The second-order valence-corrected chi connectivity index (χ2v) is 4.42. The van der Waals surface area contributed by atoms with Crippen LogP contribution in [-0.4, -0.2) is 24.3 Å². The van der Waals surface area contributed by atoms with Crippen LogP contribution in [0.4, 0.5) is 8.78 Å². The van der Waals surface area contributed by atoms with Crippen molar-refractivity contribution in [1.29, 1.82) is 0 Å². The Hall–Kier alpha value is -1.20. The van der Waals surface area contributed by atoms with Crippen molar-refractivity contribution >= 4 is 0 Å². The molecule has 1 aliphatic rings. The van der Waals surface area contributed by atoms with E-state index in [4.69, 9.17) is 0 Å². The summed E-state index contributed by atoms with van der Waals surface area (Å²) in [5.74, 6) is 0.0485. The molecule has 100 valence electrons. The summed E-state index contributed by atoms with van der Waals surface area (Å²) in [6.07, 6.45) is 2.13. The number of benzene rings is 1. The summed E-state index contributed by atoms with van der Waals surface area (Å²) in [5, 5.41) is 13.5. The number of halogens is 2. The number of ether oxygens (including phenoxy) is 1. The molecule has 1 saturated heterocycles. The SMILES string of the molecule is OC(c1ccccc1OC(F)F)C1CCCCN1. The van der Waals surface area contributed by atoms with Crippen LogP contribution in [0.25, 0.3) is 0 Å². The highest BCUT2D eigenvalue weighted by molar-refractivity contribution is 5.36. The first-order chi connectivity index (χ1) is 8.68. The summed E-state index contributed by atoms with van der Waals surface area (Å²) in [5.41, 5.74) is 0.414. The fourth-order valence-electron chi connectivity index (χ4n) is 2.29. The van der Waals surface area contributed by atoms with Crippen molar-refractivity contribution in [1.82, 2.24) is 5.32 Å². The number of hydrogen-bond donors (Lipinski definition) is 2. The second-order valence-electron chi connectivity index (χ2n) is 4.42. The van der Waals surface area contributed by atoms with E-state index in [1.807, 2.05) is 0 Å². The molecule has 2 N–H and O–H groups in total. The third-order valence-electron chi connectivity index (χ3n) is 3.18. The van der Waals surface area contributed by atoms with Gasteiger partial charge in [0.25, 0.3) is 0 Å². The molecule has 0 amide bonds. The van der Waals surface area contributed by atoms with Gasteiger partial charge in [-0.3, -0.25) is 0 Å². The van der Waals surface area contributed by atoms with Gasteiger partial charge in [0.15, 0.2) is 0 Å². The molecule has 0 radical (unpaired) electrons. The van der Waals surface area contributed by atoms with E-state index in [1.165, 1.54) is 6.07 Å². The summed E-state index contributed by atoms with van der Waals surface area (Å²) in [6.45, 7) is -2.03. The number of aliphatic hydroxyl groups excluding tert-OH is 1. The van der Waals surface area contributed by atoms with E-state index < -0.39 is 12.7 Å². The van der Waals surface area contributed by atoms with Crippen molar-refractivity contribution in [2.45, 2.75) is 38.0 Å². The van der Waals surface area contributed by atoms with E-state index in [-0.39, 0.29) is 11.8 Å². The predicted octanol–water partition coefficient (Wildman–Crippen LogP) is 2.46. The van der Waals surface area contributed by atoms with Crippen LogP contribution in [0.15, 0.2) is 24.3 Å². The van der Waals surface area contributed by atoms with Crippen LogP contribution in [0.3, 0.4) is 0 Å². The molecular weight excluding hydrogens is 240 g/mol. The van der Waals surface area contributed by atoms with Gasteiger partial charge in [-0.25, -0.2) is 0 Å². The highest BCUT2D eigenvalue weighted by Crippen LogP contribution is 2.30. The molecule has 0 bridgehead atoms. The van der Waals surface area contributed by atoms with Crippen molar-refractivity contribution in [2.24, 2.45) is 0 Å². The smallest absolute Gasteiger partial charge is 0.387 e. The highest BCUT2D eigenvalue weighted by Gasteiger charge is 2.25. The van der Waals surface area contributed by atoms with Crippen molar-refractivity contribution in [3.8, 4) is 5.75 Å². The Morgan fingerprint density at radius 1 is 1.28 bits per heavy atom. The molecule has 1 aliphatic heterocycles. The second kappa shape index (κ2) is 6.11. The van der Waals surface area contributed by atoms with E-state index in [9.17, 15) is 13.9 Å². The van der Waals surface area contributed by atoms with Crippen molar-refractivity contribution in [2.75, 3.05) is 6.54 Å².